The number of aromatic nitrogens is 9. The lowest BCUT2D eigenvalue weighted by atomic mass is 10.1. The van der Waals surface area contributed by atoms with Gasteiger partial charge in [0.15, 0.2) is 5.65 Å². The molecule has 0 aliphatic rings. The summed E-state index contributed by atoms with van der Waals surface area (Å²) in [4.78, 5) is 55.2. The van der Waals surface area contributed by atoms with Gasteiger partial charge in [-0.1, -0.05) is 31.4 Å². The number of aromatic amines is 1. The van der Waals surface area contributed by atoms with E-state index in [0.29, 0.717) is 88.5 Å². The highest BCUT2D eigenvalue weighted by Gasteiger charge is 2.23. The number of methoxy groups -OCH3 is 2. The normalized spacial score (nSPS) is 11.3. The number of benzene rings is 3. The van der Waals surface area contributed by atoms with E-state index >= 15 is 0 Å². The zero-order chi connectivity index (χ0) is 53.1. The number of likely N-dealkylation sites (N-methyl/N-ethyl adjacent to an activating group) is 4. The third kappa shape index (κ3) is 10.5. The smallest absolute Gasteiger partial charge is 0.247 e. The predicted molar refractivity (Wildman–Crippen MR) is 300 cm³/mol. The fourth-order valence-corrected chi connectivity index (χ4v) is 8.93. The molecule has 0 fully saturated rings. The molecule has 75 heavy (non-hydrogen) atoms. The number of para-hydroxylation sites is 1. The highest BCUT2D eigenvalue weighted by atomic mass is 16.5. The van der Waals surface area contributed by atoms with E-state index in [1.165, 1.54) is 12.2 Å². The molecule has 386 valence electrons. The minimum absolute atomic E-state index is 0.304. The summed E-state index contributed by atoms with van der Waals surface area (Å²) in [6, 6.07) is 19.5. The summed E-state index contributed by atoms with van der Waals surface area (Å²) in [5.41, 5.74) is 9.09. The van der Waals surface area contributed by atoms with Crippen LogP contribution >= 0.6 is 0 Å². The number of ether oxygens (including phenoxy) is 2. The molecule has 0 aliphatic heterocycles. The van der Waals surface area contributed by atoms with Crippen LogP contribution in [0.15, 0.2) is 117 Å². The number of hydrogen-bond acceptors (Lipinski definition) is 15. The van der Waals surface area contributed by atoms with E-state index in [0.717, 1.165) is 50.7 Å². The predicted octanol–water partition coefficient (Wildman–Crippen LogP) is 7.72. The van der Waals surface area contributed by atoms with Gasteiger partial charge in [0.25, 0.3) is 0 Å². The Morgan fingerprint density at radius 2 is 1.31 bits per heavy atom. The van der Waals surface area contributed by atoms with E-state index < -0.39 is 0 Å². The Labute approximate surface area is 434 Å². The summed E-state index contributed by atoms with van der Waals surface area (Å²) in [6.45, 7) is 9.85. The van der Waals surface area contributed by atoms with Gasteiger partial charge in [0.2, 0.25) is 23.7 Å². The standard InChI is InChI=1S/C54H61N17O4/c1-12-47(72)57-38-27-41(46(75-11)28-43(38)66(5)23-22-65(3)4)60-54-62-50(37-32-68(7)42-17-15-14-16-34(37)42)36-19-21-71(52(36)64-54)70(9)25-24-67(6)44-29-45(74-10)40(26-39(44)58-48(73)13-2)59-53-61-49(33-30-56-69(8)31-33)35-18-20-55-51(35)63-53/h12-21,26-32H,1-2,22-25H2,3-11H3,(H,57,72)(H,58,73)(H,60,62,64)(H2,55,59,61,63). The lowest BCUT2D eigenvalue weighted by Crippen LogP contribution is -2.37. The molecule has 0 atom stereocenters. The molecule has 0 unspecified atom stereocenters. The van der Waals surface area contributed by atoms with Gasteiger partial charge in [-0.15, -0.1) is 0 Å². The maximum absolute atomic E-state index is 13.0. The second kappa shape index (κ2) is 21.4. The zero-order valence-electron chi connectivity index (χ0n) is 43.6. The monoisotopic (exact) mass is 1010 g/mol. The number of nitrogens with zero attached hydrogens (tertiary/aromatic N) is 12. The maximum Gasteiger partial charge on any atom is 0.247 e. The average Bonchev–Trinajstić information content (AvgIpc) is 4.24. The van der Waals surface area contributed by atoms with Crippen molar-refractivity contribution in [3.05, 3.63) is 117 Å². The molecule has 0 saturated carbocycles. The van der Waals surface area contributed by atoms with Gasteiger partial charge in [-0.25, -0.2) is 14.6 Å². The number of amides is 2. The van der Waals surface area contributed by atoms with Crippen LogP contribution < -0.4 is 45.5 Å². The van der Waals surface area contributed by atoms with Crippen LogP contribution in [-0.4, -0.2) is 136 Å². The lowest BCUT2D eigenvalue weighted by Gasteiger charge is -2.28. The second-order valence-corrected chi connectivity index (χ2v) is 18.3. The molecule has 5 N–H and O–H groups in total. The third-order valence-corrected chi connectivity index (χ3v) is 12.9. The van der Waals surface area contributed by atoms with Gasteiger partial charge in [-0.05, 0) is 56.6 Å². The van der Waals surface area contributed by atoms with E-state index in [9.17, 15) is 9.59 Å². The highest BCUT2D eigenvalue weighted by molar-refractivity contribution is 6.05. The van der Waals surface area contributed by atoms with E-state index in [2.05, 4.69) is 82.2 Å². The van der Waals surface area contributed by atoms with Crippen LogP contribution in [0.3, 0.4) is 0 Å². The minimum Gasteiger partial charge on any atom is -0.494 e. The van der Waals surface area contributed by atoms with Crippen LogP contribution in [0.5, 0.6) is 11.5 Å². The third-order valence-electron chi connectivity index (χ3n) is 12.9. The molecular weight excluding hydrogens is 951 g/mol. The van der Waals surface area contributed by atoms with Gasteiger partial charge in [0.05, 0.1) is 72.5 Å². The first-order chi connectivity index (χ1) is 36.2. The van der Waals surface area contributed by atoms with Crippen molar-refractivity contribution < 1.29 is 19.1 Å². The number of aryl methyl sites for hydroxylation is 2. The largest absolute Gasteiger partial charge is 0.494 e. The van der Waals surface area contributed by atoms with E-state index in [1.807, 2.05) is 120 Å². The number of carbonyl (C=O) groups excluding carboxylic acids is 2. The molecule has 0 saturated heterocycles. The Bertz CT molecular complexity index is 3610. The summed E-state index contributed by atoms with van der Waals surface area (Å²) in [6.07, 6.45) is 12.0. The Hall–Kier alpha value is -9.37. The van der Waals surface area contributed by atoms with Crippen molar-refractivity contribution in [3.63, 3.8) is 0 Å². The van der Waals surface area contributed by atoms with Crippen LogP contribution in [0.1, 0.15) is 0 Å². The zero-order valence-corrected chi connectivity index (χ0v) is 43.6. The second-order valence-electron chi connectivity index (χ2n) is 18.3. The topological polar surface area (TPSA) is 209 Å². The van der Waals surface area contributed by atoms with Crippen LogP contribution in [0.25, 0.3) is 55.5 Å². The van der Waals surface area contributed by atoms with Crippen LogP contribution in [0.4, 0.5) is 46.0 Å². The number of hydrogen-bond donors (Lipinski definition) is 5. The highest BCUT2D eigenvalue weighted by Crippen LogP contribution is 2.41. The van der Waals surface area contributed by atoms with Gasteiger partial charge < -0.3 is 60.0 Å². The van der Waals surface area contributed by atoms with Gasteiger partial charge >= 0.3 is 0 Å². The minimum atomic E-state index is -0.385. The van der Waals surface area contributed by atoms with Crippen molar-refractivity contribution in [1.29, 1.82) is 0 Å². The molecule has 0 bridgehead atoms. The first-order valence-corrected chi connectivity index (χ1v) is 24.1. The Morgan fingerprint density at radius 1 is 0.693 bits per heavy atom. The number of H-pyrrole nitrogens is 1. The first-order valence-electron chi connectivity index (χ1n) is 24.1. The molecule has 0 spiro atoms. The van der Waals surface area contributed by atoms with Crippen LogP contribution in [-0.2, 0) is 23.7 Å². The number of rotatable bonds is 21. The van der Waals surface area contributed by atoms with Gasteiger partial charge in [0, 0.05) is 125 Å². The number of anilines is 8. The van der Waals surface area contributed by atoms with Crippen LogP contribution in [0.2, 0.25) is 0 Å². The van der Waals surface area contributed by atoms with Crippen molar-refractivity contribution in [2.75, 3.05) is 112 Å². The maximum atomic E-state index is 13.0. The van der Waals surface area contributed by atoms with Crippen molar-refractivity contribution in [3.8, 4) is 34.0 Å². The summed E-state index contributed by atoms with van der Waals surface area (Å²) in [7, 11) is 17.0. The molecule has 9 aromatic rings. The summed E-state index contributed by atoms with van der Waals surface area (Å²) in [5, 5.41) is 21.9. The first kappa shape index (κ1) is 50.6. The Balaban J connectivity index is 1.05. The number of nitrogens with one attached hydrogen (secondary N) is 5. The van der Waals surface area contributed by atoms with Crippen molar-refractivity contribution >= 4 is 90.8 Å². The molecule has 6 heterocycles. The van der Waals surface area contributed by atoms with Gasteiger partial charge in [0.1, 0.15) is 17.1 Å². The molecule has 0 aliphatic carbocycles. The molecular formula is C54H61N17O4. The lowest BCUT2D eigenvalue weighted by molar-refractivity contribution is -0.112. The fourth-order valence-electron chi connectivity index (χ4n) is 8.93. The molecule has 0 radical (unpaired) electrons. The fraction of sp³-hybridized carbons (Fsp3) is 0.241. The van der Waals surface area contributed by atoms with E-state index in [4.69, 9.17) is 29.4 Å². The average molecular weight is 1010 g/mol. The molecule has 21 heteroatoms. The Morgan fingerprint density at radius 3 is 1.91 bits per heavy atom. The molecule has 9 rings (SSSR count). The van der Waals surface area contributed by atoms with Crippen molar-refractivity contribution in [2.45, 2.75) is 0 Å². The van der Waals surface area contributed by atoms with E-state index in [1.54, 1.807) is 31.2 Å². The van der Waals surface area contributed by atoms with Crippen molar-refractivity contribution in [2.24, 2.45) is 14.1 Å². The summed E-state index contributed by atoms with van der Waals surface area (Å²) >= 11 is 0. The van der Waals surface area contributed by atoms with Crippen molar-refractivity contribution in [1.82, 2.24) is 48.8 Å². The molecule has 21 nitrogen and oxygen atoms in total. The SMILES string of the molecule is C=CC(=O)Nc1cc(Nc2nc(-c3cn(C)c4ccccc34)c3ccn(N(C)CCN(C)c4cc(OC)c(Nc5nc(-c6cnn(C)c6)c6cc[nH]c6n5)cc4NC(=O)C=C)c3n2)c(OC)cc1N(C)CCN(C)C. The van der Waals surface area contributed by atoms with Crippen LogP contribution in [0, 0.1) is 0 Å². The number of fused-ring (bicyclic) bond motifs is 3. The quantitative estimate of drug-likeness (QED) is 0.0437. The molecule has 2 amide bonds. The summed E-state index contributed by atoms with van der Waals surface area (Å²) in [5.74, 6) is 0.896. The number of carbonyl (C=O) groups is 2. The van der Waals surface area contributed by atoms with Gasteiger partial charge in [-0.2, -0.15) is 15.1 Å². The molecule has 6 aromatic heterocycles. The summed E-state index contributed by atoms with van der Waals surface area (Å²) < 4.78 is 17.7. The van der Waals surface area contributed by atoms with Gasteiger partial charge in [-0.3, -0.25) is 14.3 Å². The molecule has 3 aromatic carbocycles. The van der Waals surface area contributed by atoms with E-state index in [-0.39, 0.29) is 11.8 Å². The Kier molecular flexibility index (Phi) is 14.4.